The molecule has 65 heavy (non-hydrogen) atoms. The van der Waals surface area contributed by atoms with Gasteiger partial charge in [0, 0.05) is 16.9 Å². The molecule has 0 amide bonds. The summed E-state index contributed by atoms with van der Waals surface area (Å²) in [6.07, 6.45) is 6.97. The summed E-state index contributed by atoms with van der Waals surface area (Å²) in [5, 5.41) is 0. The fourth-order valence-electron chi connectivity index (χ4n) is 12.0. The van der Waals surface area contributed by atoms with Crippen LogP contribution in [0.25, 0.3) is 39.0 Å². The van der Waals surface area contributed by atoms with E-state index in [-0.39, 0.29) is 0 Å². The molecule has 0 N–H and O–H groups in total. The lowest BCUT2D eigenvalue weighted by molar-refractivity contribution is 0.629. The topological polar surface area (TPSA) is 3.24 Å². The molecule has 2 spiro atoms. The standard InChI is InChI=1S/C62H43N.C2H6/c1-3-18-42(19-4-1)44-34-38-46(39-35-44)63(47-40-36-45(37-41-47)43-20-5-2-6-21-43)59-33-17-32-58-60(59)62(54-28-13-9-24-50(54)51-25-10-14-29-55(51)62)57-31-16-15-30-56(57)61(58)52-26-11-7-22-48(52)49-23-8-12-27-53(49)61;1-2/h1-7,9-22,24-41H,8,23H2;1-2H3. The summed E-state index contributed by atoms with van der Waals surface area (Å²) in [7, 11) is 0. The van der Waals surface area contributed by atoms with E-state index in [4.69, 9.17) is 0 Å². The van der Waals surface area contributed by atoms with Gasteiger partial charge in [-0.15, -0.1) is 0 Å². The summed E-state index contributed by atoms with van der Waals surface area (Å²) in [6, 6.07) is 84.2. The molecule has 4 aliphatic rings. The predicted octanol–water partition coefficient (Wildman–Crippen LogP) is 16.6. The number of nitrogens with zero attached hydrogens (tertiary/aromatic N) is 1. The third-order valence-corrected chi connectivity index (χ3v) is 14.4. The van der Waals surface area contributed by atoms with Gasteiger partial charge in [-0.1, -0.05) is 220 Å². The number of allylic oxidation sites excluding steroid dienone is 4. The molecule has 9 aromatic carbocycles. The van der Waals surface area contributed by atoms with Crippen LogP contribution in [0.4, 0.5) is 17.1 Å². The van der Waals surface area contributed by atoms with Crippen molar-refractivity contribution in [3.8, 4) is 33.4 Å². The van der Waals surface area contributed by atoms with E-state index in [0.29, 0.717) is 0 Å². The average molecular weight is 832 g/mol. The Bertz CT molecular complexity index is 3190. The van der Waals surface area contributed by atoms with Crippen molar-refractivity contribution < 1.29 is 0 Å². The molecule has 13 rings (SSSR count). The van der Waals surface area contributed by atoms with Crippen molar-refractivity contribution in [2.24, 2.45) is 0 Å². The van der Waals surface area contributed by atoms with E-state index in [2.05, 4.69) is 242 Å². The third kappa shape index (κ3) is 5.52. The molecule has 0 aliphatic heterocycles. The van der Waals surface area contributed by atoms with Gasteiger partial charge in [-0.3, -0.25) is 0 Å². The van der Waals surface area contributed by atoms with Gasteiger partial charge < -0.3 is 4.90 Å². The Labute approximate surface area is 383 Å². The lowest BCUT2D eigenvalue weighted by Gasteiger charge is -2.51. The quantitative estimate of drug-likeness (QED) is 0.167. The normalized spacial score (nSPS) is 16.4. The van der Waals surface area contributed by atoms with Gasteiger partial charge >= 0.3 is 0 Å². The Morgan fingerprint density at radius 3 is 1.31 bits per heavy atom. The van der Waals surface area contributed by atoms with E-state index < -0.39 is 10.8 Å². The predicted molar refractivity (Wildman–Crippen MR) is 272 cm³/mol. The van der Waals surface area contributed by atoms with Gasteiger partial charge in [0.05, 0.1) is 16.5 Å². The van der Waals surface area contributed by atoms with Crippen LogP contribution in [0.2, 0.25) is 0 Å². The van der Waals surface area contributed by atoms with E-state index in [1.54, 1.807) is 0 Å². The van der Waals surface area contributed by atoms with E-state index >= 15 is 0 Å². The molecule has 0 saturated carbocycles. The van der Waals surface area contributed by atoms with Gasteiger partial charge in [-0.2, -0.15) is 0 Å². The van der Waals surface area contributed by atoms with Crippen LogP contribution >= 0.6 is 0 Å². The summed E-state index contributed by atoms with van der Waals surface area (Å²) in [6.45, 7) is 4.00. The molecule has 0 heterocycles. The maximum atomic E-state index is 2.54. The Hall–Kier alpha value is -7.74. The molecular formula is C64H49N. The van der Waals surface area contributed by atoms with Gasteiger partial charge in [-0.25, -0.2) is 0 Å². The second kappa shape index (κ2) is 15.5. The van der Waals surface area contributed by atoms with E-state index in [1.165, 1.54) is 94.7 Å². The highest BCUT2D eigenvalue weighted by Gasteiger charge is 2.60. The van der Waals surface area contributed by atoms with Crippen molar-refractivity contribution >= 4 is 22.6 Å². The van der Waals surface area contributed by atoms with E-state index in [0.717, 1.165) is 24.2 Å². The largest absolute Gasteiger partial charge is 0.310 e. The maximum absolute atomic E-state index is 2.54. The fraction of sp³-hybridized carbons (Fsp3) is 0.0938. The van der Waals surface area contributed by atoms with Gasteiger partial charge in [0.2, 0.25) is 0 Å². The van der Waals surface area contributed by atoms with Crippen molar-refractivity contribution in [2.75, 3.05) is 4.90 Å². The summed E-state index contributed by atoms with van der Waals surface area (Å²) < 4.78 is 0. The Morgan fingerprint density at radius 2 is 0.769 bits per heavy atom. The number of fused-ring (bicyclic) bond motifs is 15. The van der Waals surface area contributed by atoms with Gasteiger partial charge in [0.1, 0.15) is 0 Å². The lowest BCUT2D eigenvalue weighted by Crippen LogP contribution is -2.45. The number of benzene rings is 9. The number of hydrogen-bond donors (Lipinski definition) is 0. The van der Waals surface area contributed by atoms with Crippen LogP contribution in [0.15, 0.2) is 242 Å². The Morgan fingerprint density at radius 1 is 0.354 bits per heavy atom. The van der Waals surface area contributed by atoms with Crippen LogP contribution in [0, 0.1) is 0 Å². The van der Waals surface area contributed by atoms with Crippen molar-refractivity contribution in [1.82, 2.24) is 0 Å². The zero-order valence-corrected chi connectivity index (χ0v) is 36.9. The van der Waals surface area contributed by atoms with Gasteiger partial charge in [-0.05, 0) is 127 Å². The van der Waals surface area contributed by atoms with Crippen LogP contribution < -0.4 is 4.90 Å². The molecule has 0 fully saturated rings. The first-order valence-electron chi connectivity index (χ1n) is 23.3. The van der Waals surface area contributed by atoms with Crippen LogP contribution in [-0.4, -0.2) is 0 Å². The highest BCUT2D eigenvalue weighted by atomic mass is 15.1. The smallest absolute Gasteiger partial charge is 0.0740 e. The van der Waals surface area contributed by atoms with Crippen LogP contribution in [-0.2, 0) is 10.8 Å². The minimum absolute atomic E-state index is 0.525. The molecule has 1 heteroatoms. The number of hydrogen-bond acceptors (Lipinski definition) is 1. The first-order valence-corrected chi connectivity index (χ1v) is 23.3. The fourth-order valence-corrected chi connectivity index (χ4v) is 12.0. The summed E-state index contributed by atoms with van der Waals surface area (Å²) in [5.74, 6) is 0. The third-order valence-electron chi connectivity index (χ3n) is 14.4. The van der Waals surface area contributed by atoms with Crippen molar-refractivity contribution in [3.63, 3.8) is 0 Å². The van der Waals surface area contributed by atoms with Crippen LogP contribution in [0.3, 0.4) is 0 Å². The maximum Gasteiger partial charge on any atom is 0.0740 e. The van der Waals surface area contributed by atoms with Gasteiger partial charge in [0.25, 0.3) is 0 Å². The molecule has 1 nitrogen and oxygen atoms in total. The van der Waals surface area contributed by atoms with Crippen LogP contribution in [0.5, 0.6) is 0 Å². The Balaban J connectivity index is 0.00000219. The minimum Gasteiger partial charge on any atom is -0.310 e. The highest BCUT2D eigenvalue weighted by molar-refractivity contribution is 5.97. The average Bonchev–Trinajstić information content (AvgIpc) is 3.86. The number of anilines is 3. The SMILES string of the molecule is C1=CC2=C(CC1)c1ccccc1C21c2ccccc2C2(c3ccccc3-c3ccccc32)c2c(N(c3ccc(-c4ccccc4)cc3)c3ccc(-c4ccccc4)cc3)cccc21.CC. The van der Waals surface area contributed by atoms with Crippen molar-refractivity contribution in [1.29, 1.82) is 0 Å². The zero-order chi connectivity index (χ0) is 43.5. The molecule has 0 bridgehead atoms. The molecular weight excluding hydrogens is 783 g/mol. The van der Waals surface area contributed by atoms with Crippen molar-refractivity contribution in [3.05, 3.63) is 287 Å². The second-order valence-electron chi connectivity index (χ2n) is 17.4. The Kier molecular flexibility index (Phi) is 9.28. The monoisotopic (exact) mass is 831 g/mol. The second-order valence-corrected chi connectivity index (χ2v) is 17.4. The lowest BCUT2D eigenvalue weighted by atomic mass is 9.51. The minimum atomic E-state index is -0.621. The molecule has 310 valence electrons. The molecule has 0 radical (unpaired) electrons. The molecule has 1 unspecified atom stereocenters. The van der Waals surface area contributed by atoms with Crippen LogP contribution in [0.1, 0.15) is 71.2 Å². The molecule has 1 atom stereocenters. The zero-order valence-electron chi connectivity index (χ0n) is 36.9. The first kappa shape index (κ1) is 38.9. The number of rotatable bonds is 5. The first-order chi connectivity index (χ1) is 32.3. The summed E-state index contributed by atoms with van der Waals surface area (Å²) >= 11 is 0. The molecule has 4 aliphatic carbocycles. The summed E-state index contributed by atoms with van der Waals surface area (Å²) in [5.41, 5.74) is 23.4. The summed E-state index contributed by atoms with van der Waals surface area (Å²) in [4.78, 5) is 2.54. The van der Waals surface area contributed by atoms with E-state index in [1.807, 2.05) is 13.8 Å². The highest BCUT2D eigenvalue weighted by Crippen LogP contribution is 2.69. The molecule has 9 aromatic rings. The van der Waals surface area contributed by atoms with Gasteiger partial charge in [0.15, 0.2) is 0 Å². The molecule has 0 aromatic heterocycles. The van der Waals surface area contributed by atoms with E-state index in [9.17, 15) is 0 Å². The molecule has 0 saturated heterocycles. The van der Waals surface area contributed by atoms with Crippen molar-refractivity contribution in [2.45, 2.75) is 37.5 Å².